The van der Waals surface area contributed by atoms with Gasteiger partial charge in [0.05, 0.1) is 6.10 Å². The van der Waals surface area contributed by atoms with Gasteiger partial charge in [-0.2, -0.15) is 0 Å². The number of rotatable bonds is 5. The summed E-state index contributed by atoms with van der Waals surface area (Å²) in [4.78, 5) is 1.02. The summed E-state index contributed by atoms with van der Waals surface area (Å²) in [7, 11) is 0.661. The first-order valence-corrected chi connectivity index (χ1v) is 9.60. The quantitative estimate of drug-likeness (QED) is 0.536. The molecule has 0 aromatic rings. The molecular weight excluding hydrogens is 292 g/mol. The zero-order chi connectivity index (χ0) is 11.9. The van der Waals surface area contributed by atoms with Gasteiger partial charge in [-0.25, -0.2) is 0 Å². The Kier molecular flexibility index (Phi) is 6.59. The number of hydrogen-bond donors (Lipinski definition) is 0. The van der Waals surface area contributed by atoms with Crippen LogP contribution in [0.2, 0.25) is 0 Å². The Morgan fingerprint density at radius 3 is 1.76 bits per heavy atom. The van der Waals surface area contributed by atoms with E-state index in [1.165, 1.54) is 64.2 Å². The van der Waals surface area contributed by atoms with Gasteiger partial charge in [-0.05, 0) is 37.5 Å². The van der Waals surface area contributed by atoms with Crippen molar-refractivity contribution in [1.29, 1.82) is 0 Å². The first kappa shape index (κ1) is 14.1. The Morgan fingerprint density at radius 1 is 0.882 bits per heavy atom. The third-order valence-corrected chi connectivity index (χ3v) is 5.74. The Balaban J connectivity index is 1.90. The molecule has 3 heteroatoms. The Bertz CT molecular complexity index is 182. The second kappa shape index (κ2) is 7.95. The van der Waals surface area contributed by atoms with Crippen molar-refractivity contribution in [3.05, 3.63) is 0 Å². The highest BCUT2D eigenvalue weighted by Gasteiger charge is 2.31. The van der Waals surface area contributed by atoms with E-state index in [9.17, 15) is 0 Å². The van der Waals surface area contributed by atoms with Crippen LogP contribution in [0.1, 0.15) is 64.2 Å². The van der Waals surface area contributed by atoms with Crippen LogP contribution in [-0.2, 0) is 4.43 Å². The zero-order valence-corrected chi connectivity index (χ0v) is 13.4. The topological polar surface area (TPSA) is 9.23 Å². The number of hydrogen-bond acceptors (Lipinski definition) is 1. The van der Waals surface area contributed by atoms with E-state index < -0.39 is 0 Å². The number of halogens is 1. The van der Waals surface area contributed by atoms with Crippen LogP contribution in [0.15, 0.2) is 0 Å². The smallest absolute Gasteiger partial charge is 0.241 e. The van der Waals surface area contributed by atoms with Gasteiger partial charge in [0, 0.05) is 4.95 Å². The molecule has 1 nitrogen and oxygen atoms in total. The van der Waals surface area contributed by atoms with Gasteiger partial charge in [-0.3, -0.25) is 0 Å². The van der Waals surface area contributed by atoms with Crippen molar-refractivity contribution in [1.82, 2.24) is 0 Å². The molecule has 0 heterocycles. The summed E-state index contributed by atoms with van der Waals surface area (Å²) in [6.07, 6.45) is 15.0. The van der Waals surface area contributed by atoms with Crippen molar-refractivity contribution in [2.75, 3.05) is 4.95 Å². The fraction of sp³-hybridized carbons (Fsp3) is 1.00. The van der Waals surface area contributed by atoms with Gasteiger partial charge in [-0.1, -0.05) is 54.5 Å². The summed E-state index contributed by atoms with van der Waals surface area (Å²) >= 11 is 3.51. The molecule has 2 aliphatic rings. The van der Waals surface area contributed by atoms with Gasteiger partial charge in [0.25, 0.3) is 0 Å². The van der Waals surface area contributed by atoms with Crippen molar-refractivity contribution < 1.29 is 4.43 Å². The number of alkyl halides is 1. The monoisotopic (exact) mass is 316 g/mol. The van der Waals surface area contributed by atoms with Crippen LogP contribution in [0.4, 0.5) is 0 Å². The van der Waals surface area contributed by atoms with Crippen molar-refractivity contribution >= 4 is 25.7 Å². The molecule has 0 aromatic carbocycles. The molecule has 0 aromatic heterocycles. The van der Waals surface area contributed by atoms with Gasteiger partial charge in [-0.15, -0.1) is 0 Å². The molecule has 0 atom stereocenters. The highest BCUT2D eigenvalue weighted by atomic mass is 79.9. The van der Waals surface area contributed by atoms with Crippen molar-refractivity contribution in [3.8, 4) is 0 Å². The molecular formula is C14H25BrOSi. The van der Waals surface area contributed by atoms with Crippen LogP contribution in [0.25, 0.3) is 0 Å². The third-order valence-electron chi connectivity index (χ3n) is 4.50. The van der Waals surface area contributed by atoms with Gasteiger partial charge in [0.2, 0.25) is 9.76 Å². The molecule has 0 aliphatic heterocycles. The first-order valence-electron chi connectivity index (χ1n) is 7.36. The molecule has 0 amide bonds. The lowest BCUT2D eigenvalue weighted by atomic mass is 9.75. The lowest BCUT2D eigenvalue weighted by molar-refractivity contribution is 0.0423. The predicted molar refractivity (Wildman–Crippen MR) is 77.6 cm³/mol. The van der Waals surface area contributed by atoms with Gasteiger partial charge < -0.3 is 4.43 Å². The largest absolute Gasteiger partial charge is 0.413 e. The first-order chi connectivity index (χ1) is 8.42. The summed E-state index contributed by atoms with van der Waals surface area (Å²) in [5.74, 6) is 1.75. The van der Waals surface area contributed by atoms with E-state index >= 15 is 0 Å². The SMILES string of the molecule is BrC[Si]OC(C1CCCCC1)C1CCCCC1. The Morgan fingerprint density at radius 2 is 1.35 bits per heavy atom. The maximum atomic E-state index is 6.25. The molecule has 2 fully saturated rings. The predicted octanol–water partition coefficient (Wildman–Crippen LogP) is 4.50. The molecule has 0 bridgehead atoms. The minimum atomic E-state index is 0.589. The molecule has 2 saturated carbocycles. The Labute approximate surface area is 117 Å². The average molecular weight is 317 g/mol. The van der Waals surface area contributed by atoms with Crippen LogP contribution in [0.3, 0.4) is 0 Å². The van der Waals surface area contributed by atoms with Crippen LogP contribution in [0, 0.1) is 11.8 Å². The van der Waals surface area contributed by atoms with E-state index in [0.29, 0.717) is 15.9 Å². The highest BCUT2D eigenvalue weighted by Crippen LogP contribution is 2.37. The lowest BCUT2D eigenvalue weighted by Crippen LogP contribution is -2.36. The van der Waals surface area contributed by atoms with Crippen LogP contribution in [-0.4, -0.2) is 20.8 Å². The molecule has 2 aliphatic carbocycles. The second-order valence-electron chi connectivity index (χ2n) is 5.66. The minimum absolute atomic E-state index is 0.589. The van der Waals surface area contributed by atoms with Crippen LogP contribution < -0.4 is 0 Å². The van der Waals surface area contributed by atoms with E-state index in [4.69, 9.17) is 4.43 Å². The van der Waals surface area contributed by atoms with E-state index in [-0.39, 0.29) is 0 Å². The maximum Gasteiger partial charge on any atom is 0.241 e. The molecule has 0 saturated heterocycles. The maximum absolute atomic E-state index is 6.25. The second-order valence-corrected chi connectivity index (χ2v) is 8.13. The van der Waals surface area contributed by atoms with Crippen LogP contribution in [0.5, 0.6) is 0 Å². The summed E-state index contributed by atoms with van der Waals surface area (Å²) in [5, 5.41) is 0. The summed E-state index contributed by atoms with van der Waals surface area (Å²) in [6, 6.07) is 0. The molecule has 2 radical (unpaired) electrons. The van der Waals surface area contributed by atoms with Crippen LogP contribution >= 0.6 is 15.9 Å². The molecule has 0 N–H and O–H groups in total. The van der Waals surface area contributed by atoms with Gasteiger partial charge in [0.1, 0.15) is 0 Å². The zero-order valence-electron chi connectivity index (χ0n) is 10.8. The average Bonchev–Trinajstić information content (AvgIpc) is 2.42. The van der Waals surface area contributed by atoms with E-state index in [1.807, 2.05) is 0 Å². The van der Waals surface area contributed by atoms with Gasteiger partial charge in [0.15, 0.2) is 0 Å². The fourth-order valence-electron chi connectivity index (χ4n) is 3.63. The molecule has 0 unspecified atom stereocenters. The van der Waals surface area contributed by atoms with E-state index in [2.05, 4.69) is 15.9 Å². The van der Waals surface area contributed by atoms with E-state index in [0.717, 1.165) is 16.8 Å². The minimum Gasteiger partial charge on any atom is -0.413 e. The molecule has 2 rings (SSSR count). The lowest BCUT2D eigenvalue weighted by Gasteiger charge is -2.37. The van der Waals surface area contributed by atoms with Gasteiger partial charge >= 0.3 is 0 Å². The van der Waals surface area contributed by atoms with E-state index in [1.54, 1.807) is 0 Å². The standard InChI is InChI=1S/C14H25BrOSi/c15-11-17-16-14(12-7-3-1-4-8-12)13-9-5-2-6-10-13/h12-14H,1-11H2. The summed E-state index contributed by atoms with van der Waals surface area (Å²) in [6.45, 7) is 0. The van der Waals surface area contributed by atoms with Crippen molar-refractivity contribution in [3.63, 3.8) is 0 Å². The molecule has 17 heavy (non-hydrogen) atoms. The third kappa shape index (κ3) is 4.36. The normalized spacial score (nSPS) is 24.4. The fourth-order valence-corrected chi connectivity index (χ4v) is 4.67. The molecule has 98 valence electrons. The van der Waals surface area contributed by atoms with Crippen molar-refractivity contribution in [2.45, 2.75) is 70.3 Å². The van der Waals surface area contributed by atoms with Crippen molar-refractivity contribution in [2.24, 2.45) is 11.8 Å². The summed E-state index contributed by atoms with van der Waals surface area (Å²) < 4.78 is 6.25. The molecule has 0 spiro atoms. The summed E-state index contributed by atoms with van der Waals surface area (Å²) in [5.41, 5.74) is 0. The highest BCUT2D eigenvalue weighted by molar-refractivity contribution is 9.09. The Hall–Kier alpha value is 0.657.